The first-order valence-corrected chi connectivity index (χ1v) is 7.52. The average molecular weight is 274 g/mol. The van der Waals surface area contributed by atoms with Gasteiger partial charge in [-0.25, -0.2) is 0 Å². The first-order chi connectivity index (χ1) is 9.70. The largest absolute Gasteiger partial charge is 0.494 e. The van der Waals surface area contributed by atoms with Gasteiger partial charge in [0.2, 0.25) is 0 Å². The SMILES string of the molecule is C=C(C)C[C@@H](c1ccc(OCC)cc1)N1CCNCC1. The first kappa shape index (κ1) is 15.1. The van der Waals surface area contributed by atoms with E-state index >= 15 is 0 Å². The van der Waals surface area contributed by atoms with Crippen molar-refractivity contribution in [2.24, 2.45) is 0 Å². The Morgan fingerprint density at radius 3 is 2.50 bits per heavy atom. The summed E-state index contributed by atoms with van der Waals surface area (Å²) in [7, 11) is 0. The van der Waals surface area contributed by atoms with Crippen molar-refractivity contribution in [2.75, 3.05) is 32.8 Å². The molecule has 1 atom stereocenters. The van der Waals surface area contributed by atoms with Crippen molar-refractivity contribution >= 4 is 0 Å². The maximum Gasteiger partial charge on any atom is 0.119 e. The Bertz CT molecular complexity index is 421. The van der Waals surface area contributed by atoms with Gasteiger partial charge in [-0.2, -0.15) is 0 Å². The van der Waals surface area contributed by atoms with Crippen LogP contribution >= 0.6 is 0 Å². The van der Waals surface area contributed by atoms with Crippen molar-refractivity contribution in [3.63, 3.8) is 0 Å². The van der Waals surface area contributed by atoms with Crippen LogP contribution in [0.4, 0.5) is 0 Å². The van der Waals surface area contributed by atoms with E-state index in [1.807, 2.05) is 6.92 Å². The molecular formula is C17H26N2O. The van der Waals surface area contributed by atoms with Crippen LogP contribution in [-0.4, -0.2) is 37.7 Å². The summed E-state index contributed by atoms with van der Waals surface area (Å²) >= 11 is 0. The highest BCUT2D eigenvalue weighted by atomic mass is 16.5. The maximum absolute atomic E-state index is 5.53. The maximum atomic E-state index is 5.53. The quantitative estimate of drug-likeness (QED) is 0.807. The van der Waals surface area contributed by atoms with Crippen molar-refractivity contribution in [1.29, 1.82) is 0 Å². The zero-order valence-electron chi connectivity index (χ0n) is 12.7. The van der Waals surface area contributed by atoms with Crippen LogP contribution in [0.1, 0.15) is 31.9 Å². The molecule has 3 nitrogen and oxygen atoms in total. The molecule has 1 heterocycles. The molecule has 0 saturated carbocycles. The number of rotatable bonds is 6. The summed E-state index contributed by atoms with van der Waals surface area (Å²) in [4.78, 5) is 2.56. The number of benzene rings is 1. The Morgan fingerprint density at radius 2 is 1.95 bits per heavy atom. The van der Waals surface area contributed by atoms with Crippen LogP contribution in [0.3, 0.4) is 0 Å². The van der Waals surface area contributed by atoms with Gasteiger partial charge in [0, 0.05) is 32.2 Å². The summed E-state index contributed by atoms with van der Waals surface area (Å²) in [6, 6.07) is 8.98. The van der Waals surface area contributed by atoms with Crippen LogP contribution in [0, 0.1) is 0 Å². The molecule has 0 radical (unpaired) electrons. The zero-order chi connectivity index (χ0) is 14.4. The molecule has 1 aliphatic heterocycles. The number of hydrogen-bond donors (Lipinski definition) is 1. The molecule has 0 aliphatic carbocycles. The van der Waals surface area contributed by atoms with Crippen LogP contribution in [0.25, 0.3) is 0 Å². The summed E-state index contributed by atoms with van der Waals surface area (Å²) in [5, 5.41) is 3.42. The van der Waals surface area contributed by atoms with E-state index in [9.17, 15) is 0 Å². The highest BCUT2D eigenvalue weighted by Gasteiger charge is 2.22. The van der Waals surface area contributed by atoms with Gasteiger partial charge in [0.05, 0.1) is 6.61 Å². The fourth-order valence-electron chi connectivity index (χ4n) is 2.73. The molecule has 1 N–H and O–H groups in total. The highest BCUT2D eigenvalue weighted by Crippen LogP contribution is 2.28. The molecule has 3 heteroatoms. The van der Waals surface area contributed by atoms with Gasteiger partial charge < -0.3 is 10.1 Å². The average Bonchev–Trinajstić information content (AvgIpc) is 2.47. The Balaban J connectivity index is 2.14. The minimum Gasteiger partial charge on any atom is -0.494 e. The number of piperazine rings is 1. The van der Waals surface area contributed by atoms with E-state index in [0.29, 0.717) is 12.6 Å². The molecule has 0 unspecified atom stereocenters. The summed E-state index contributed by atoms with van der Waals surface area (Å²) in [6.07, 6.45) is 1.02. The second-order valence-electron chi connectivity index (χ2n) is 5.47. The number of hydrogen-bond acceptors (Lipinski definition) is 3. The van der Waals surface area contributed by atoms with E-state index in [2.05, 4.69) is 48.0 Å². The zero-order valence-corrected chi connectivity index (χ0v) is 12.7. The molecule has 0 aromatic heterocycles. The molecule has 1 saturated heterocycles. The van der Waals surface area contributed by atoms with Gasteiger partial charge in [0.25, 0.3) is 0 Å². The van der Waals surface area contributed by atoms with Crippen LogP contribution in [-0.2, 0) is 0 Å². The van der Waals surface area contributed by atoms with E-state index < -0.39 is 0 Å². The van der Waals surface area contributed by atoms with E-state index in [4.69, 9.17) is 4.74 Å². The molecule has 2 rings (SSSR count). The van der Waals surface area contributed by atoms with Gasteiger partial charge in [-0.15, -0.1) is 6.58 Å². The molecule has 1 aromatic rings. The number of nitrogens with zero attached hydrogens (tertiary/aromatic N) is 1. The Hall–Kier alpha value is -1.32. The highest BCUT2D eigenvalue weighted by molar-refractivity contribution is 5.30. The predicted octanol–water partition coefficient (Wildman–Crippen LogP) is 3.00. The minimum atomic E-state index is 0.435. The summed E-state index contributed by atoms with van der Waals surface area (Å²) in [5.74, 6) is 0.950. The normalized spacial score (nSPS) is 17.7. The molecule has 110 valence electrons. The molecular weight excluding hydrogens is 248 g/mol. The van der Waals surface area contributed by atoms with Gasteiger partial charge in [-0.1, -0.05) is 17.7 Å². The Kier molecular flexibility index (Phi) is 5.62. The van der Waals surface area contributed by atoms with Crippen LogP contribution in [0.5, 0.6) is 5.75 Å². The topological polar surface area (TPSA) is 24.5 Å². The van der Waals surface area contributed by atoms with Crippen molar-refractivity contribution in [3.05, 3.63) is 42.0 Å². The number of ether oxygens (including phenoxy) is 1. The van der Waals surface area contributed by atoms with Gasteiger partial charge in [-0.05, 0) is 38.0 Å². The van der Waals surface area contributed by atoms with Gasteiger partial charge >= 0.3 is 0 Å². The lowest BCUT2D eigenvalue weighted by atomic mass is 9.98. The van der Waals surface area contributed by atoms with E-state index in [1.165, 1.54) is 11.1 Å². The Morgan fingerprint density at radius 1 is 1.30 bits per heavy atom. The lowest BCUT2D eigenvalue weighted by Crippen LogP contribution is -2.45. The smallest absolute Gasteiger partial charge is 0.119 e. The molecule has 1 aromatic carbocycles. The molecule has 0 bridgehead atoms. The lowest BCUT2D eigenvalue weighted by molar-refractivity contribution is 0.172. The number of nitrogens with one attached hydrogen (secondary N) is 1. The van der Waals surface area contributed by atoms with Crippen LogP contribution in [0.15, 0.2) is 36.4 Å². The monoisotopic (exact) mass is 274 g/mol. The van der Waals surface area contributed by atoms with E-state index in [-0.39, 0.29) is 0 Å². The second kappa shape index (κ2) is 7.46. The van der Waals surface area contributed by atoms with E-state index in [0.717, 1.165) is 38.3 Å². The van der Waals surface area contributed by atoms with Crippen molar-refractivity contribution in [2.45, 2.75) is 26.3 Å². The standard InChI is InChI=1S/C17H26N2O/c1-4-20-16-7-5-15(6-8-16)17(13-14(2)3)19-11-9-18-10-12-19/h5-8,17-18H,2,4,9-13H2,1,3H3/t17-/m0/s1. The molecule has 1 aliphatic rings. The van der Waals surface area contributed by atoms with Gasteiger partial charge in [0.1, 0.15) is 5.75 Å². The van der Waals surface area contributed by atoms with E-state index in [1.54, 1.807) is 0 Å². The fourth-order valence-corrected chi connectivity index (χ4v) is 2.73. The molecule has 0 amide bonds. The van der Waals surface area contributed by atoms with Crippen molar-refractivity contribution in [3.8, 4) is 5.75 Å². The summed E-state index contributed by atoms with van der Waals surface area (Å²) < 4.78 is 5.53. The van der Waals surface area contributed by atoms with Crippen molar-refractivity contribution in [1.82, 2.24) is 10.2 Å². The molecule has 0 spiro atoms. The first-order valence-electron chi connectivity index (χ1n) is 7.52. The van der Waals surface area contributed by atoms with Gasteiger partial charge in [-0.3, -0.25) is 4.90 Å². The fraction of sp³-hybridized carbons (Fsp3) is 0.529. The van der Waals surface area contributed by atoms with Gasteiger partial charge in [0.15, 0.2) is 0 Å². The summed E-state index contributed by atoms with van der Waals surface area (Å²) in [5.41, 5.74) is 2.60. The second-order valence-corrected chi connectivity index (χ2v) is 5.47. The van der Waals surface area contributed by atoms with Crippen molar-refractivity contribution < 1.29 is 4.74 Å². The summed E-state index contributed by atoms with van der Waals surface area (Å²) in [6.45, 7) is 13.3. The lowest BCUT2D eigenvalue weighted by Gasteiger charge is -2.35. The van der Waals surface area contributed by atoms with Crippen LogP contribution in [0.2, 0.25) is 0 Å². The minimum absolute atomic E-state index is 0.435. The third kappa shape index (κ3) is 4.09. The third-order valence-corrected chi connectivity index (χ3v) is 3.71. The van der Waals surface area contributed by atoms with Crippen LogP contribution < -0.4 is 10.1 Å². The molecule has 20 heavy (non-hydrogen) atoms. The molecule has 1 fully saturated rings. The third-order valence-electron chi connectivity index (χ3n) is 3.71. The predicted molar refractivity (Wildman–Crippen MR) is 84.2 cm³/mol. The Labute approximate surface area is 122 Å².